The summed E-state index contributed by atoms with van der Waals surface area (Å²) in [4.78, 5) is 0. The lowest BCUT2D eigenvalue weighted by molar-refractivity contribution is 0.263. The van der Waals surface area contributed by atoms with Crippen LogP contribution in [0.25, 0.3) is 0 Å². The first-order valence-electron chi connectivity index (χ1n) is 6.74. The monoisotopic (exact) mass is 296 g/mol. The number of piperidine rings is 1. The number of hydrogen-bond acceptors (Lipinski definition) is 3. The summed E-state index contributed by atoms with van der Waals surface area (Å²) >= 11 is 0. The molecule has 108 valence electrons. The van der Waals surface area contributed by atoms with Crippen LogP contribution in [-0.4, -0.2) is 45.2 Å². The van der Waals surface area contributed by atoms with E-state index in [-0.39, 0.29) is 12.4 Å². The van der Waals surface area contributed by atoms with Gasteiger partial charge < -0.3 is 5.32 Å². The van der Waals surface area contributed by atoms with Crippen LogP contribution < -0.4 is 5.32 Å². The van der Waals surface area contributed by atoms with Crippen molar-refractivity contribution in [2.75, 3.05) is 32.4 Å². The van der Waals surface area contributed by atoms with Gasteiger partial charge in [-0.3, -0.25) is 0 Å². The average Bonchev–Trinajstić information content (AvgIpc) is 3.10. The lowest BCUT2D eigenvalue weighted by Gasteiger charge is -2.31. The van der Waals surface area contributed by atoms with Crippen LogP contribution in [0.15, 0.2) is 0 Å². The summed E-state index contributed by atoms with van der Waals surface area (Å²) in [6.45, 7) is 2.52. The lowest BCUT2D eigenvalue weighted by Crippen LogP contribution is -2.40. The number of sulfonamides is 1. The highest BCUT2D eigenvalue weighted by atomic mass is 35.5. The Morgan fingerprint density at radius 1 is 1.11 bits per heavy atom. The van der Waals surface area contributed by atoms with Gasteiger partial charge >= 0.3 is 0 Å². The molecule has 0 amide bonds. The summed E-state index contributed by atoms with van der Waals surface area (Å²) in [5, 5.41) is 3.16. The molecule has 1 heterocycles. The zero-order valence-corrected chi connectivity index (χ0v) is 12.7. The third-order valence-electron chi connectivity index (χ3n) is 3.91. The van der Waals surface area contributed by atoms with Crippen LogP contribution in [0, 0.1) is 11.8 Å². The third kappa shape index (κ3) is 4.68. The third-order valence-corrected chi connectivity index (χ3v) is 5.96. The van der Waals surface area contributed by atoms with E-state index in [4.69, 9.17) is 0 Å². The molecule has 18 heavy (non-hydrogen) atoms. The van der Waals surface area contributed by atoms with Gasteiger partial charge in [-0.05, 0) is 57.5 Å². The molecule has 1 N–H and O–H groups in total. The fourth-order valence-electron chi connectivity index (χ4n) is 2.51. The molecule has 0 aromatic rings. The van der Waals surface area contributed by atoms with Gasteiger partial charge in [0.05, 0.1) is 5.75 Å². The summed E-state index contributed by atoms with van der Waals surface area (Å²) in [6.07, 6.45) is 5.46. The molecule has 2 fully saturated rings. The summed E-state index contributed by atoms with van der Waals surface area (Å²) in [5.41, 5.74) is 0. The van der Waals surface area contributed by atoms with Gasteiger partial charge in [-0.25, -0.2) is 12.7 Å². The zero-order valence-electron chi connectivity index (χ0n) is 11.1. The van der Waals surface area contributed by atoms with Gasteiger partial charge in [0.1, 0.15) is 0 Å². The van der Waals surface area contributed by atoms with Gasteiger partial charge in [0, 0.05) is 13.1 Å². The normalized spacial score (nSPS) is 22.7. The summed E-state index contributed by atoms with van der Waals surface area (Å²) in [6, 6.07) is 0. The van der Waals surface area contributed by atoms with Gasteiger partial charge in [-0.2, -0.15) is 0 Å². The first-order chi connectivity index (χ1) is 8.12. The van der Waals surface area contributed by atoms with Crippen molar-refractivity contribution >= 4 is 22.4 Å². The standard InChI is InChI=1S/C12H24N2O2S.ClH/c1-13-7-4-11-5-8-14(9-6-11)17(15,16)10-12-2-3-12;/h11-13H,2-10H2,1H3;1H. The second-order valence-corrected chi connectivity index (χ2v) is 7.47. The number of halogens is 1. The SMILES string of the molecule is CNCCC1CCN(S(=O)(=O)CC2CC2)CC1.Cl. The molecular formula is C12H25ClN2O2S. The molecule has 0 unspecified atom stereocenters. The van der Waals surface area contributed by atoms with Crippen molar-refractivity contribution in [1.82, 2.24) is 9.62 Å². The van der Waals surface area contributed by atoms with E-state index in [1.807, 2.05) is 7.05 Å². The van der Waals surface area contributed by atoms with E-state index in [2.05, 4.69) is 5.32 Å². The van der Waals surface area contributed by atoms with Crippen molar-refractivity contribution < 1.29 is 8.42 Å². The van der Waals surface area contributed by atoms with Crippen molar-refractivity contribution in [2.45, 2.75) is 32.1 Å². The van der Waals surface area contributed by atoms with Gasteiger partial charge in [-0.15, -0.1) is 12.4 Å². The molecule has 0 spiro atoms. The van der Waals surface area contributed by atoms with Gasteiger partial charge in [-0.1, -0.05) is 0 Å². The van der Waals surface area contributed by atoms with Crippen LogP contribution in [0.4, 0.5) is 0 Å². The molecule has 4 nitrogen and oxygen atoms in total. The predicted octanol–water partition coefficient (Wildman–Crippen LogP) is 1.47. The second-order valence-electron chi connectivity index (χ2n) is 5.46. The maximum atomic E-state index is 12.1. The molecule has 1 saturated heterocycles. The van der Waals surface area contributed by atoms with E-state index in [0.29, 0.717) is 17.6 Å². The minimum atomic E-state index is -2.95. The number of nitrogens with zero attached hydrogens (tertiary/aromatic N) is 1. The van der Waals surface area contributed by atoms with E-state index in [0.717, 1.165) is 45.3 Å². The minimum Gasteiger partial charge on any atom is -0.320 e. The first kappa shape index (κ1) is 16.2. The zero-order chi connectivity index (χ0) is 12.3. The Bertz CT molecular complexity index is 336. The highest BCUT2D eigenvalue weighted by molar-refractivity contribution is 7.89. The van der Waals surface area contributed by atoms with Crippen LogP contribution in [0.2, 0.25) is 0 Å². The van der Waals surface area contributed by atoms with E-state index in [1.54, 1.807) is 4.31 Å². The Labute approximate surface area is 117 Å². The summed E-state index contributed by atoms with van der Waals surface area (Å²) in [5.74, 6) is 1.56. The number of hydrogen-bond donors (Lipinski definition) is 1. The van der Waals surface area contributed by atoms with Gasteiger partial charge in [0.25, 0.3) is 0 Å². The molecule has 1 saturated carbocycles. The number of nitrogens with one attached hydrogen (secondary N) is 1. The van der Waals surface area contributed by atoms with Gasteiger partial charge in [0.15, 0.2) is 0 Å². The molecular weight excluding hydrogens is 272 g/mol. The van der Waals surface area contributed by atoms with Crippen molar-refractivity contribution in [1.29, 1.82) is 0 Å². The van der Waals surface area contributed by atoms with Crippen molar-refractivity contribution in [3.8, 4) is 0 Å². The summed E-state index contributed by atoms with van der Waals surface area (Å²) < 4.78 is 25.9. The Morgan fingerprint density at radius 3 is 2.22 bits per heavy atom. The molecule has 0 aromatic heterocycles. The molecule has 0 radical (unpaired) electrons. The molecule has 1 aliphatic heterocycles. The van der Waals surface area contributed by atoms with Crippen molar-refractivity contribution in [2.24, 2.45) is 11.8 Å². The molecule has 1 aliphatic carbocycles. The number of rotatable bonds is 6. The van der Waals surface area contributed by atoms with Crippen LogP contribution >= 0.6 is 12.4 Å². The average molecular weight is 297 g/mol. The highest BCUT2D eigenvalue weighted by Gasteiger charge is 2.33. The summed E-state index contributed by atoms with van der Waals surface area (Å²) in [7, 11) is -0.979. The van der Waals surface area contributed by atoms with E-state index < -0.39 is 10.0 Å². The molecule has 0 atom stereocenters. The molecule has 6 heteroatoms. The van der Waals surface area contributed by atoms with Crippen molar-refractivity contribution in [3.63, 3.8) is 0 Å². The highest BCUT2D eigenvalue weighted by Crippen LogP contribution is 2.32. The van der Waals surface area contributed by atoms with E-state index >= 15 is 0 Å². The van der Waals surface area contributed by atoms with E-state index in [1.165, 1.54) is 6.42 Å². The topological polar surface area (TPSA) is 49.4 Å². The predicted molar refractivity (Wildman–Crippen MR) is 76.6 cm³/mol. The van der Waals surface area contributed by atoms with Crippen molar-refractivity contribution in [3.05, 3.63) is 0 Å². The van der Waals surface area contributed by atoms with Crippen LogP contribution in [0.1, 0.15) is 32.1 Å². The molecule has 2 rings (SSSR count). The first-order valence-corrected chi connectivity index (χ1v) is 8.35. The Kier molecular flexibility index (Phi) is 6.38. The second kappa shape index (κ2) is 7.08. The quantitative estimate of drug-likeness (QED) is 0.807. The largest absolute Gasteiger partial charge is 0.320 e. The lowest BCUT2D eigenvalue weighted by atomic mass is 9.95. The maximum Gasteiger partial charge on any atom is 0.214 e. The fourth-order valence-corrected chi connectivity index (χ4v) is 4.42. The Hall–Kier alpha value is 0.160. The molecule has 0 bridgehead atoms. The molecule has 2 aliphatic rings. The van der Waals surface area contributed by atoms with Crippen LogP contribution in [0.5, 0.6) is 0 Å². The fraction of sp³-hybridized carbons (Fsp3) is 1.00. The van der Waals surface area contributed by atoms with Gasteiger partial charge in [0.2, 0.25) is 10.0 Å². The molecule has 0 aromatic carbocycles. The minimum absolute atomic E-state index is 0. The smallest absolute Gasteiger partial charge is 0.214 e. The maximum absolute atomic E-state index is 12.1. The Balaban J connectivity index is 0.00000162. The van der Waals surface area contributed by atoms with Crippen LogP contribution in [0.3, 0.4) is 0 Å². The van der Waals surface area contributed by atoms with E-state index in [9.17, 15) is 8.42 Å². The van der Waals surface area contributed by atoms with Crippen LogP contribution in [-0.2, 0) is 10.0 Å². The Morgan fingerprint density at radius 2 is 1.72 bits per heavy atom.